The summed E-state index contributed by atoms with van der Waals surface area (Å²) in [6.45, 7) is 0. The molecule has 49 heavy (non-hydrogen) atoms. The third-order valence-corrected chi connectivity index (χ3v) is 8.97. The number of nitrogens with zero attached hydrogens (tertiary/aromatic N) is 4. The Morgan fingerprint density at radius 1 is 0.449 bits per heavy atom. The average molecular weight is 655 g/mol. The first kappa shape index (κ1) is 31.0. The molecule has 0 bridgehead atoms. The highest BCUT2D eigenvalue weighted by molar-refractivity contribution is 6.27. The molecule has 0 aliphatic heterocycles. The third-order valence-electron chi connectivity index (χ3n) is 8.97. The Labute approximate surface area is 275 Å². The van der Waals surface area contributed by atoms with E-state index in [4.69, 9.17) is 0 Å². The van der Waals surface area contributed by atoms with Gasteiger partial charge in [0, 0.05) is 17.6 Å². The van der Waals surface area contributed by atoms with Crippen LogP contribution in [0.5, 0.6) is 0 Å². The van der Waals surface area contributed by atoms with Gasteiger partial charge in [0.2, 0.25) is 0 Å². The Bertz CT molecular complexity index is 2240. The highest BCUT2D eigenvalue weighted by atomic mass is 19.4. The molecular weight excluding hydrogens is 638 g/mol. The topological polar surface area (TPSA) is 95.2 Å². The molecule has 0 saturated carbocycles. The molecule has 0 spiro atoms. The number of halogens is 6. The quantitative estimate of drug-likeness (QED) is 0.159. The largest absolute Gasteiger partial charge is 0.416 e. The Hall–Kier alpha value is -6.62. The van der Waals surface area contributed by atoms with Gasteiger partial charge in [-0.3, -0.25) is 0 Å². The summed E-state index contributed by atoms with van der Waals surface area (Å²) in [5.41, 5.74) is 6.09. The van der Waals surface area contributed by atoms with Crippen molar-refractivity contribution in [2.75, 3.05) is 0 Å². The summed E-state index contributed by atoms with van der Waals surface area (Å²) >= 11 is 0. The smallest absolute Gasteiger partial charge is 0.192 e. The van der Waals surface area contributed by atoms with Gasteiger partial charge < -0.3 is 0 Å². The van der Waals surface area contributed by atoms with Gasteiger partial charge in [-0.25, -0.2) is 0 Å². The van der Waals surface area contributed by atoms with E-state index in [9.17, 15) is 47.4 Å². The second-order valence-electron chi connectivity index (χ2n) is 11.5. The molecule has 3 aliphatic rings. The summed E-state index contributed by atoms with van der Waals surface area (Å²) in [4.78, 5) is 0. The van der Waals surface area contributed by atoms with Crippen LogP contribution in [0, 0.1) is 45.3 Å². The van der Waals surface area contributed by atoms with Crippen molar-refractivity contribution in [3.05, 3.63) is 141 Å². The summed E-state index contributed by atoms with van der Waals surface area (Å²) in [5.74, 6) is 0. The Morgan fingerprint density at radius 2 is 0.776 bits per heavy atom. The summed E-state index contributed by atoms with van der Waals surface area (Å²) in [6, 6.07) is 27.7. The SMILES string of the molecule is N#CC(C#N)=C1C2=C(C3=C(C2)C(=C(C#N)C#N)c2cc(-c4ccc(C(F)(F)F)cc4)ccc23)c2ccc(-c3ccc(C(F)(F)F)cc3)cc21. The zero-order valence-corrected chi connectivity index (χ0v) is 24.8. The second kappa shape index (κ2) is 11.0. The molecule has 0 atom stereocenters. The van der Waals surface area contributed by atoms with Gasteiger partial charge in [0.05, 0.1) is 11.1 Å². The van der Waals surface area contributed by atoms with E-state index in [2.05, 4.69) is 0 Å². The first-order valence-corrected chi connectivity index (χ1v) is 14.6. The maximum absolute atomic E-state index is 13.2. The third kappa shape index (κ3) is 4.82. The fourth-order valence-corrected chi connectivity index (χ4v) is 6.85. The van der Waals surface area contributed by atoms with Gasteiger partial charge >= 0.3 is 12.4 Å². The van der Waals surface area contributed by atoms with Crippen molar-refractivity contribution in [2.24, 2.45) is 0 Å². The molecule has 234 valence electrons. The van der Waals surface area contributed by atoms with E-state index in [0.717, 1.165) is 24.3 Å². The number of rotatable bonds is 2. The van der Waals surface area contributed by atoms with Crippen LogP contribution in [0.4, 0.5) is 26.3 Å². The minimum Gasteiger partial charge on any atom is -0.192 e. The number of benzene rings is 4. The van der Waals surface area contributed by atoms with Crippen LogP contribution < -0.4 is 0 Å². The first-order valence-electron chi connectivity index (χ1n) is 14.6. The predicted octanol–water partition coefficient (Wildman–Crippen LogP) is 10.3. The lowest BCUT2D eigenvalue weighted by molar-refractivity contribution is -0.138. The molecule has 0 N–H and O–H groups in total. The molecule has 4 aromatic rings. The van der Waals surface area contributed by atoms with Gasteiger partial charge in [0.25, 0.3) is 0 Å². The van der Waals surface area contributed by atoms with Crippen molar-refractivity contribution in [2.45, 2.75) is 18.8 Å². The number of nitriles is 4. The number of hydrogen-bond donors (Lipinski definition) is 0. The average Bonchev–Trinajstić information content (AvgIpc) is 3.71. The summed E-state index contributed by atoms with van der Waals surface area (Å²) in [5, 5.41) is 39.9. The number of allylic oxidation sites excluding steroid dienone is 8. The summed E-state index contributed by atoms with van der Waals surface area (Å²) in [6.07, 6.45) is -8.83. The molecular formula is C39H16F6N4. The fourth-order valence-electron chi connectivity index (χ4n) is 6.85. The molecule has 0 radical (unpaired) electrons. The van der Waals surface area contributed by atoms with E-state index in [-0.39, 0.29) is 17.6 Å². The molecule has 0 fully saturated rings. The van der Waals surface area contributed by atoms with Crippen molar-refractivity contribution in [1.29, 1.82) is 21.0 Å². The van der Waals surface area contributed by atoms with Gasteiger partial charge in [-0.1, -0.05) is 48.5 Å². The molecule has 0 amide bonds. The van der Waals surface area contributed by atoms with E-state index >= 15 is 0 Å². The van der Waals surface area contributed by atoms with Crippen LogP contribution in [-0.2, 0) is 12.4 Å². The summed E-state index contributed by atoms with van der Waals surface area (Å²) in [7, 11) is 0. The first-order chi connectivity index (χ1) is 23.4. The number of alkyl halides is 6. The van der Waals surface area contributed by atoms with E-state index in [1.165, 1.54) is 24.3 Å². The maximum Gasteiger partial charge on any atom is 0.416 e. The maximum atomic E-state index is 13.2. The molecule has 4 aromatic carbocycles. The van der Waals surface area contributed by atoms with Gasteiger partial charge in [-0.2, -0.15) is 47.4 Å². The van der Waals surface area contributed by atoms with E-state index in [0.29, 0.717) is 77.9 Å². The Morgan fingerprint density at radius 3 is 1.08 bits per heavy atom. The standard InChI is InChI=1S/C39H16F6N4/c40-38(41,42)26-7-1-20(2-8-26)22-5-11-28-30(13-22)34(24(16-46)17-47)32-15-33-35(25(18-48)19-49)31-14-23(6-12-29(31)37(33)36(28)32)21-3-9-27(10-4-21)39(43,44)45/h1-14H,15H2. The van der Waals surface area contributed by atoms with Crippen LogP contribution in [0.25, 0.3) is 44.5 Å². The summed E-state index contributed by atoms with van der Waals surface area (Å²) < 4.78 is 79.2. The lowest BCUT2D eigenvalue weighted by Crippen LogP contribution is -2.04. The molecule has 0 heterocycles. The van der Waals surface area contributed by atoms with Gasteiger partial charge in [-0.15, -0.1) is 0 Å². The van der Waals surface area contributed by atoms with Crippen LogP contribution in [0.1, 0.15) is 39.8 Å². The van der Waals surface area contributed by atoms with Crippen molar-refractivity contribution in [3.63, 3.8) is 0 Å². The molecule has 3 aliphatic carbocycles. The monoisotopic (exact) mass is 654 g/mol. The molecule has 0 aromatic heterocycles. The molecule has 4 nitrogen and oxygen atoms in total. The van der Waals surface area contributed by atoms with Crippen LogP contribution in [0.15, 0.2) is 107 Å². The Kier molecular flexibility index (Phi) is 6.95. The normalized spacial score (nSPS) is 14.3. The van der Waals surface area contributed by atoms with Gasteiger partial charge in [0.15, 0.2) is 0 Å². The van der Waals surface area contributed by atoms with Crippen LogP contribution in [-0.4, -0.2) is 0 Å². The fraction of sp³-hybridized carbons (Fsp3) is 0.0769. The number of hydrogen-bond acceptors (Lipinski definition) is 4. The van der Waals surface area contributed by atoms with E-state index < -0.39 is 23.5 Å². The molecule has 0 unspecified atom stereocenters. The Balaban J connectivity index is 1.40. The predicted molar refractivity (Wildman–Crippen MR) is 169 cm³/mol. The van der Waals surface area contributed by atoms with Gasteiger partial charge in [0.1, 0.15) is 35.4 Å². The molecule has 0 saturated heterocycles. The zero-order valence-electron chi connectivity index (χ0n) is 24.8. The number of fused-ring (bicyclic) bond motifs is 5. The highest BCUT2D eigenvalue weighted by Gasteiger charge is 2.43. The molecule has 7 rings (SSSR count). The molecule has 10 heteroatoms. The van der Waals surface area contributed by atoms with E-state index in [1.54, 1.807) is 36.4 Å². The minimum atomic E-state index is -4.50. The van der Waals surface area contributed by atoms with Crippen molar-refractivity contribution in [1.82, 2.24) is 0 Å². The lowest BCUT2D eigenvalue weighted by atomic mass is 9.89. The second-order valence-corrected chi connectivity index (χ2v) is 11.5. The lowest BCUT2D eigenvalue weighted by Gasteiger charge is -2.13. The van der Waals surface area contributed by atoms with Crippen LogP contribution in [0.3, 0.4) is 0 Å². The van der Waals surface area contributed by atoms with Crippen molar-refractivity contribution in [3.8, 4) is 46.5 Å². The van der Waals surface area contributed by atoms with Gasteiger partial charge in [-0.05, 0) is 103 Å². The van der Waals surface area contributed by atoms with Crippen molar-refractivity contribution >= 4 is 22.3 Å². The minimum absolute atomic E-state index is 0.166. The van der Waals surface area contributed by atoms with Crippen molar-refractivity contribution < 1.29 is 26.3 Å². The van der Waals surface area contributed by atoms with E-state index in [1.807, 2.05) is 24.3 Å². The van der Waals surface area contributed by atoms with Crippen LogP contribution >= 0.6 is 0 Å². The zero-order chi connectivity index (χ0) is 34.8. The highest BCUT2D eigenvalue weighted by Crippen LogP contribution is 2.62. The van der Waals surface area contributed by atoms with Crippen LogP contribution in [0.2, 0.25) is 0 Å².